The fourth-order valence-electron chi connectivity index (χ4n) is 2.05. The molecule has 0 atom stereocenters. The zero-order valence-corrected chi connectivity index (χ0v) is 11.7. The van der Waals surface area contributed by atoms with Gasteiger partial charge in [-0.05, 0) is 38.5 Å². The van der Waals surface area contributed by atoms with Gasteiger partial charge < -0.3 is 15.4 Å². The summed E-state index contributed by atoms with van der Waals surface area (Å²) >= 11 is 0. The summed E-state index contributed by atoms with van der Waals surface area (Å²) in [6.45, 7) is 1.58. The summed E-state index contributed by atoms with van der Waals surface area (Å²) in [5.41, 5.74) is 1.40. The van der Waals surface area contributed by atoms with Crippen LogP contribution in [0.3, 0.4) is 0 Å². The standard InChI is InChI=1S/C14H24N2O3/c1-19-11-5-9-15-13(17)14(18)16-10-8-12-6-3-2-4-7-12/h6H,2-5,7-11H2,1H3,(H,15,17)(H,16,18). The van der Waals surface area contributed by atoms with Gasteiger partial charge in [0.1, 0.15) is 0 Å². The summed E-state index contributed by atoms with van der Waals surface area (Å²) in [5, 5.41) is 5.21. The number of hydrogen-bond donors (Lipinski definition) is 2. The van der Waals surface area contributed by atoms with Crippen LogP contribution in [0.25, 0.3) is 0 Å². The van der Waals surface area contributed by atoms with Gasteiger partial charge in [-0.3, -0.25) is 9.59 Å². The van der Waals surface area contributed by atoms with Crippen LogP contribution in [0.4, 0.5) is 0 Å². The summed E-state index contributed by atoms with van der Waals surface area (Å²) in [6, 6.07) is 0. The molecule has 1 aliphatic rings. The predicted octanol–water partition coefficient (Wildman–Crippen LogP) is 1.15. The average Bonchev–Trinajstić information content (AvgIpc) is 2.44. The topological polar surface area (TPSA) is 67.4 Å². The van der Waals surface area contributed by atoms with E-state index in [2.05, 4.69) is 16.7 Å². The number of methoxy groups -OCH3 is 1. The molecular formula is C14H24N2O3. The van der Waals surface area contributed by atoms with E-state index >= 15 is 0 Å². The van der Waals surface area contributed by atoms with Crippen molar-refractivity contribution in [3.05, 3.63) is 11.6 Å². The van der Waals surface area contributed by atoms with Gasteiger partial charge in [-0.15, -0.1) is 0 Å². The lowest BCUT2D eigenvalue weighted by Gasteiger charge is -2.12. The highest BCUT2D eigenvalue weighted by Gasteiger charge is 2.12. The fourth-order valence-corrected chi connectivity index (χ4v) is 2.05. The molecular weight excluding hydrogens is 244 g/mol. The summed E-state index contributed by atoms with van der Waals surface area (Å²) in [5.74, 6) is -1.11. The van der Waals surface area contributed by atoms with Crippen LogP contribution in [0.5, 0.6) is 0 Å². The Morgan fingerprint density at radius 3 is 2.58 bits per heavy atom. The van der Waals surface area contributed by atoms with Crippen molar-refractivity contribution in [3.63, 3.8) is 0 Å². The van der Waals surface area contributed by atoms with E-state index in [9.17, 15) is 9.59 Å². The minimum Gasteiger partial charge on any atom is -0.385 e. The van der Waals surface area contributed by atoms with E-state index in [0.29, 0.717) is 26.1 Å². The highest BCUT2D eigenvalue weighted by Crippen LogP contribution is 2.19. The van der Waals surface area contributed by atoms with E-state index in [0.717, 1.165) is 19.3 Å². The molecule has 108 valence electrons. The van der Waals surface area contributed by atoms with Crippen molar-refractivity contribution >= 4 is 11.8 Å². The molecule has 0 saturated heterocycles. The molecule has 0 aromatic carbocycles. The van der Waals surface area contributed by atoms with Crippen molar-refractivity contribution < 1.29 is 14.3 Å². The number of nitrogens with one attached hydrogen (secondary N) is 2. The number of allylic oxidation sites excluding steroid dienone is 1. The third kappa shape index (κ3) is 6.96. The van der Waals surface area contributed by atoms with Gasteiger partial charge in [-0.25, -0.2) is 0 Å². The number of ether oxygens (including phenoxy) is 1. The average molecular weight is 268 g/mol. The van der Waals surface area contributed by atoms with E-state index in [4.69, 9.17) is 4.74 Å². The molecule has 0 aromatic heterocycles. The highest BCUT2D eigenvalue weighted by atomic mass is 16.5. The second-order valence-electron chi connectivity index (χ2n) is 4.72. The number of hydrogen-bond acceptors (Lipinski definition) is 3. The van der Waals surface area contributed by atoms with Crippen molar-refractivity contribution in [2.75, 3.05) is 26.8 Å². The molecule has 0 radical (unpaired) electrons. The Kier molecular flexibility index (Phi) is 7.89. The largest absolute Gasteiger partial charge is 0.385 e. The normalized spacial score (nSPS) is 14.7. The van der Waals surface area contributed by atoms with Crippen molar-refractivity contribution in [1.29, 1.82) is 0 Å². The second kappa shape index (κ2) is 9.55. The van der Waals surface area contributed by atoms with Gasteiger partial charge in [0.15, 0.2) is 0 Å². The Hall–Kier alpha value is -1.36. The van der Waals surface area contributed by atoms with Gasteiger partial charge >= 0.3 is 11.8 Å². The van der Waals surface area contributed by atoms with E-state index in [1.54, 1.807) is 7.11 Å². The maximum atomic E-state index is 11.5. The van der Waals surface area contributed by atoms with Crippen LogP contribution in [0.1, 0.15) is 38.5 Å². The molecule has 0 heterocycles. The van der Waals surface area contributed by atoms with Crippen molar-refractivity contribution in [3.8, 4) is 0 Å². The molecule has 0 unspecified atom stereocenters. The van der Waals surface area contributed by atoms with Crippen LogP contribution in [-0.2, 0) is 14.3 Å². The van der Waals surface area contributed by atoms with Gasteiger partial charge in [0, 0.05) is 26.8 Å². The molecule has 2 amide bonds. The molecule has 0 spiro atoms. The Bertz CT molecular complexity index is 327. The minimum absolute atomic E-state index is 0.464. The first-order chi connectivity index (χ1) is 9.24. The van der Waals surface area contributed by atoms with Crippen molar-refractivity contribution in [2.45, 2.75) is 38.5 Å². The highest BCUT2D eigenvalue weighted by molar-refractivity contribution is 6.35. The monoisotopic (exact) mass is 268 g/mol. The first-order valence-electron chi connectivity index (χ1n) is 6.97. The molecule has 2 N–H and O–H groups in total. The molecule has 0 aromatic rings. The molecule has 1 aliphatic carbocycles. The van der Waals surface area contributed by atoms with E-state index in [1.807, 2.05) is 0 Å². The molecule has 0 saturated carbocycles. The van der Waals surface area contributed by atoms with Crippen LogP contribution in [-0.4, -0.2) is 38.6 Å². The van der Waals surface area contributed by atoms with Gasteiger partial charge in [-0.1, -0.05) is 11.6 Å². The van der Waals surface area contributed by atoms with E-state index in [1.165, 1.54) is 18.4 Å². The first kappa shape index (κ1) is 15.7. The summed E-state index contributed by atoms with van der Waals surface area (Å²) in [4.78, 5) is 22.9. The van der Waals surface area contributed by atoms with Gasteiger partial charge in [0.05, 0.1) is 0 Å². The number of carbonyl (C=O) groups excluding carboxylic acids is 2. The SMILES string of the molecule is COCCCNC(=O)C(=O)NCCC1=CCCCC1. The summed E-state index contributed by atoms with van der Waals surface area (Å²) in [7, 11) is 1.61. The van der Waals surface area contributed by atoms with E-state index < -0.39 is 11.8 Å². The minimum atomic E-state index is -0.561. The van der Waals surface area contributed by atoms with Gasteiger partial charge in [0.25, 0.3) is 0 Å². The number of amides is 2. The zero-order valence-electron chi connectivity index (χ0n) is 11.7. The van der Waals surface area contributed by atoms with Crippen LogP contribution in [0.15, 0.2) is 11.6 Å². The molecule has 0 aliphatic heterocycles. The molecule has 19 heavy (non-hydrogen) atoms. The number of rotatable bonds is 7. The maximum Gasteiger partial charge on any atom is 0.309 e. The molecule has 0 fully saturated rings. The Balaban J connectivity index is 2.09. The third-order valence-corrected chi connectivity index (χ3v) is 3.13. The lowest BCUT2D eigenvalue weighted by Crippen LogP contribution is -2.40. The lowest BCUT2D eigenvalue weighted by atomic mass is 9.97. The smallest absolute Gasteiger partial charge is 0.309 e. The van der Waals surface area contributed by atoms with Crippen LogP contribution >= 0.6 is 0 Å². The second-order valence-corrected chi connectivity index (χ2v) is 4.72. The van der Waals surface area contributed by atoms with Gasteiger partial charge in [0.2, 0.25) is 0 Å². The Morgan fingerprint density at radius 1 is 1.21 bits per heavy atom. The van der Waals surface area contributed by atoms with E-state index in [-0.39, 0.29) is 0 Å². The summed E-state index contributed by atoms with van der Waals surface area (Å²) < 4.78 is 4.86. The first-order valence-corrected chi connectivity index (χ1v) is 6.97. The fraction of sp³-hybridized carbons (Fsp3) is 0.714. The van der Waals surface area contributed by atoms with Crippen LogP contribution < -0.4 is 10.6 Å². The van der Waals surface area contributed by atoms with Gasteiger partial charge in [-0.2, -0.15) is 0 Å². The van der Waals surface area contributed by atoms with Crippen molar-refractivity contribution in [2.24, 2.45) is 0 Å². The Morgan fingerprint density at radius 2 is 1.95 bits per heavy atom. The predicted molar refractivity (Wildman–Crippen MR) is 73.7 cm³/mol. The molecule has 0 bridgehead atoms. The van der Waals surface area contributed by atoms with Crippen LogP contribution in [0.2, 0.25) is 0 Å². The molecule has 5 nitrogen and oxygen atoms in total. The number of carbonyl (C=O) groups is 2. The molecule has 5 heteroatoms. The molecule has 1 rings (SSSR count). The Labute approximate surface area is 114 Å². The quantitative estimate of drug-likeness (QED) is 0.413. The third-order valence-electron chi connectivity index (χ3n) is 3.13. The lowest BCUT2D eigenvalue weighted by molar-refractivity contribution is -0.139. The maximum absolute atomic E-state index is 11.5. The van der Waals surface area contributed by atoms with Crippen LogP contribution in [0, 0.1) is 0 Å². The summed E-state index contributed by atoms with van der Waals surface area (Å²) in [6.07, 6.45) is 8.58. The zero-order chi connectivity index (χ0) is 13.9. The van der Waals surface area contributed by atoms with Crippen molar-refractivity contribution in [1.82, 2.24) is 10.6 Å².